The lowest BCUT2D eigenvalue weighted by molar-refractivity contribution is 0.0857. The number of nitrogens with two attached hydrogens (primary N) is 1. The number of rotatable bonds is 2. The topological polar surface area (TPSA) is 60.5 Å². The smallest absolute Gasteiger partial charge is 0.158 e. The number of anilines is 1. The van der Waals surface area contributed by atoms with Crippen LogP contribution in [0.15, 0.2) is 53.9 Å². The van der Waals surface area contributed by atoms with Crippen LogP contribution in [0.1, 0.15) is 23.7 Å². The fraction of sp³-hybridized carbons (Fsp3) is 0.143. The number of benzene rings is 1. The van der Waals surface area contributed by atoms with Crippen molar-refractivity contribution in [3.63, 3.8) is 0 Å². The summed E-state index contributed by atoms with van der Waals surface area (Å²) in [6, 6.07) is 11.6. The third-order valence-electron chi connectivity index (χ3n) is 2.99. The maximum Gasteiger partial charge on any atom is 0.158 e. The number of nitrogen functional groups attached to an aromatic ring is 1. The van der Waals surface area contributed by atoms with Crippen LogP contribution in [-0.4, -0.2) is 10.7 Å². The number of hydrogen-bond donors (Lipinski definition) is 1. The molecule has 0 spiro atoms. The summed E-state index contributed by atoms with van der Waals surface area (Å²) >= 11 is 0. The van der Waals surface area contributed by atoms with Gasteiger partial charge in [0.05, 0.1) is 5.71 Å². The van der Waals surface area contributed by atoms with Gasteiger partial charge in [0.15, 0.2) is 6.10 Å². The maximum atomic E-state index is 5.67. The summed E-state index contributed by atoms with van der Waals surface area (Å²) in [7, 11) is 0. The second kappa shape index (κ2) is 4.49. The van der Waals surface area contributed by atoms with E-state index in [0.717, 1.165) is 28.9 Å². The Morgan fingerprint density at radius 1 is 1.06 bits per heavy atom. The van der Waals surface area contributed by atoms with Crippen molar-refractivity contribution in [2.75, 3.05) is 5.73 Å². The molecule has 4 heteroatoms. The summed E-state index contributed by atoms with van der Waals surface area (Å²) in [4.78, 5) is 9.46. The zero-order valence-electron chi connectivity index (χ0n) is 9.78. The second-order valence-corrected chi connectivity index (χ2v) is 4.24. The summed E-state index contributed by atoms with van der Waals surface area (Å²) in [6.45, 7) is 0. The summed E-state index contributed by atoms with van der Waals surface area (Å²) in [5.41, 5.74) is 9.53. The highest BCUT2D eigenvalue weighted by Crippen LogP contribution is 2.29. The van der Waals surface area contributed by atoms with Crippen LogP contribution in [0, 0.1) is 0 Å². The fourth-order valence-electron chi connectivity index (χ4n) is 1.98. The Labute approximate surface area is 105 Å². The van der Waals surface area contributed by atoms with E-state index in [1.807, 2.05) is 36.4 Å². The van der Waals surface area contributed by atoms with Gasteiger partial charge in [-0.1, -0.05) is 17.3 Å². The first kappa shape index (κ1) is 10.8. The molecule has 0 fully saturated rings. The monoisotopic (exact) mass is 239 g/mol. The van der Waals surface area contributed by atoms with E-state index in [1.54, 1.807) is 12.4 Å². The number of aromatic nitrogens is 1. The molecule has 1 aliphatic rings. The largest absolute Gasteiger partial charge is 0.399 e. The molecular formula is C14H13N3O. The van der Waals surface area contributed by atoms with E-state index < -0.39 is 0 Å². The van der Waals surface area contributed by atoms with Gasteiger partial charge in [0, 0.05) is 24.5 Å². The zero-order chi connectivity index (χ0) is 12.4. The van der Waals surface area contributed by atoms with Crippen LogP contribution in [-0.2, 0) is 4.84 Å². The molecule has 1 atom stereocenters. The molecule has 18 heavy (non-hydrogen) atoms. The number of oxime groups is 1. The van der Waals surface area contributed by atoms with Crippen molar-refractivity contribution in [3.8, 4) is 0 Å². The minimum absolute atomic E-state index is 0.0134. The Morgan fingerprint density at radius 2 is 1.78 bits per heavy atom. The lowest BCUT2D eigenvalue weighted by atomic mass is 10.0. The van der Waals surface area contributed by atoms with Crippen molar-refractivity contribution in [3.05, 3.63) is 59.9 Å². The van der Waals surface area contributed by atoms with Gasteiger partial charge in [-0.3, -0.25) is 4.98 Å². The van der Waals surface area contributed by atoms with E-state index in [0.29, 0.717) is 0 Å². The molecule has 4 nitrogen and oxygen atoms in total. The van der Waals surface area contributed by atoms with Crippen molar-refractivity contribution in [1.82, 2.24) is 4.98 Å². The maximum absolute atomic E-state index is 5.67. The van der Waals surface area contributed by atoms with Crippen molar-refractivity contribution >= 4 is 11.4 Å². The molecule has 1 aromatic carbocycles. The first-order chi connectivity index (χ1) is 8.83. The van der Waals surface area contributed by atoms with Gasteiger partial charge in [-0.2, -0.15) is 0 Å². The average Bonchev–Trinajstić information content (AvgIpc) is 2.90. The Morgan fingerprint density at radius 3 is 2.50 bits per heavy atom. The molecule has 1 unspecified atom stereocenters. The Balaban J connectivity index is 1.77. The molecule has 0 radical (unpaired) electrons. The quantitative estimate of drug-likeness (QED) is 0.819. The highest BCUT2D eigenvalue weighted by molar-refractivity contribution is 6.01. The first-order valence-electron chi connectivity index (χ1n) is 5.81. The Kier molecular flexibility index (Phi) is 2.68. The molecule has 1 aromatic heterocycles. The molecule has 0 saturated heterocycles. The van der Waals surface area contributed by atoms with E-state index in [9.17, 15) is 0 Å². The molecule has 0 saturated carbocycles. The molecule has 0 aliphatic carbocycles. The van der Waals surface area contributed by atoms with Crippen LogP contribution in [0.3, 0.4) is 0 Å². The van der Waals surface area contributed by atoms with E-state index in [4.69, 9.17) is 10.6 Å². The van der Waals surface area contributed by atoms with Gasteiger partial charge in [-0.05, 0) is 35.4 Å². The average molecular weight is 239 g/mol. The Bertz CT molecular complexity index is 563. The van der Waals surface area contributed by atoms with Gasteiger partial charge in [0.2, 0.25) is 0 Å². The predicted molar refractivity (Wildman–Crippen MR) is 70.1 cm³/mol. The summed E-state index contributed by atoms with van der Waals surface area (Å²) in [5, 5.41) is 4.15. The Hall–Kier alpha value is -2.36. The molecule has 0 bridgehead atoms. The van der Waals surface area contributed by atoms with Crippen LogP contribution < -0.4 is 5.73 Å². The number of nitrogens with zero attached hydrogens (tertiary/aromatic N) is 2. The van der Waals surface area contributed by atoms with E-state index in [-0.39, 0.29) is 6.10 Å². The highest BCUT2D eigenvalue weighted by atomic mass is 16.6. The first-order valence-corrected chi connectivity index (χ1v) is 5.81. The summed E-state index contributed by atoms with van der Waals surface area (Å²) in [5.74, 6) is 0. The molecule has 2 N–H and O–H groups in total. The minimum Gasteiger partial charge on any atom is -0.399 e. The van der Waals surface area contributed by atoms with Crippen LogP contribution in [0.5, 0.6) is 0 Å². The van der Waals surface area contributed by atoms with Gasteiger partial charge in [0.25, 0.3) is 0 Å². The van der Waals surface area contributed by atoms with E-state index in [2.05, 4.69) is 10.1 Å². The third kappa shape index (κ3) is 2.05. The van der Waals surface area contributed by atoms with Crippen molar-refractivity contribution in [1.29, 1.82) is 0 Å². The molecule has 2 aromatic rings. The molecule has 3 rings (SSSR count). The van der Waals surface area contributed by atoms with Crippen LogP contribution in [0.25, 0.3) is 0 Å². The molecule has 0 amide bonds. The lowest BCUT2D eigenvalue weighted by Gasteiger charge is -2.07. The summed E-state index contributed by atoms with van der Waals surface area (Å²) in [6.07, 6.45) is 4.29. The number of pyridine rings is 1. The highest BCUT2D eigenvalue weighted by Gasteiger charge is 2.23. The second-order valence-electron chi connectivity index (χ2n) is 4.24. The number of hydrogen-bond acceptors (Lipinski definition) is 4. The summed E-state index contributed by atoms with van der Waals surface area (Å²) < 4.78 is 0. The molecule has 1 aliphatic heterocycles. The van der Waals surface area contributed by atoms with E-state index in [1.165, 1.54) is 0 Å². The van der Waals surface area contributed by atoms with Crippen molar-refractivity contribution in [2.45, 2.75) is 12.5 Å². The lowest BCUT2D eigenvalue weighted by Crippen LogP contribution is -2.01. The standard InChI is InChI=1S/C14H13N3O/c15-12-3-1-10(2-4-12)13-9-14(18-17-13)11-5-7-16-8-6-11/h1-8,14H,9,15H2. The minimum atomic E-state index is -0.0134. The van der Waals surface area contributed by atoms with Gasteiger partial charge in [0.1, 0.15) is 0 Å². The van der Waals surface area contributed by atoms with Crippen LogP contribution in [0.2, 0.25) is 0 Å². The van der Waals surface area contributed by atoms with Crippen molar-refractivity contribution in [2.24, 2.45) is 5.16 Å². The molecular weight excluding hydrogens is 226 g/mol. The fourth-order valence-corrected chi connectivity index (χ4v) is 1.98. The SMILES string of the molecule is Nc1ccc(C2=NOC(c3ccncc3)C2)cc1. The predicted octanol–water partition coefficient (Wildman–Crippen LogP) is 2.53. The third-order valence-corrected chi connectivity index (χ3v) is 2.99. The van der Waals surface area contributed by atoms with Crippen LogP contribution in [0.4, 0.5) is 5.69 Å². The zero-order valence-corrected chi connectivity index (χ0v) is 9.78. The van der Waals surface area contributed by atoms with Crippen LogP contribution >= 0.6 is 0 Å². The van der Waals surface area contributed by atoms with Crippen molar-refractivity contribution < 1.29 is 4.84 Å². The van der Waals surface area contributed by atoms with Gasteiger partial charge in [-0.15, -0.1) is 0 Å². The normalized spacial score (nSPS) is 18.2. The van der Waals surface area contributed by atoms with Gasteiger partial charge < -0.3 is 10.6 Å². The van der Waals surface area contributed by atoms with E-state index >= 15 is 0 Å². The molecule has 2 heterocycles. The van der Waals surface area contributed by atoms with Gasteiger partial charge in [-0.25, -0.2) is 0 Å². The molecule has 90 valence electrons. The van der Waals surface area contributed by atoms with Gasteiger partial charge >= 0.3 is 0 Å².